The first-order valence-corrected chi connectivity index (χ1v) is 8.75. The molecule has 1 aliphatic heterocycles. The molecule has 1 N–H and O–H groups in total. The molecule has 2 heteroatoms. The molecule has 0 amide bonds. The second kappa shape index (κ2) is 7.76. The minimum absolute atomic E-state index is 0.116. The molecule has 2 nitrogen and oxygen atoms in total. The highest BCUT2D eigenvalue weighted by molar-refractivity contribution is 5.20. The molecule has 0 aliphatic carbocycles. The van der Waals surface area contributed by atoms with Crippen LogP contribution in [-0.4, -0.2) is 29.2 Å². The SMILES string of the molecule is C[C@H]1[C@@H](Cc2ccccc2)CCCN1[C@@H](CO)c1ccccc1. The average molecular weight is 309 g/mol. The molecule has 0 spiro atoms. The Bertz CT molecular complexity index is 583. The van der Waals surface area contributed by atoms with Gasteiger partial charge in [-0.3, -0.25) is 4.90 Å². The second-order valence-corrected chi connectivity index (χ2v) is 6.68. The standard InChI is InChI=1S/C21H27NO/c1-17-20(15-18-9-4-2-5-10-18)13-8-14-22(17)21(16-23)19-11-6-3-7-12-19/h2-7,9-12,17,20-21,23H,8,13-16H2,1H3/t17-,20+,21-/m0/s1. The van der Waals surface area contributed by atoms with Crippen LogP contribution in [0.5, 0.6) is 0 Å². The van der Waals surface area contributed by atoms with Crippen LogP contribution in [0.2, 0.25) is 0 Å². The highest BCUT2D eigenvalue weighted by atomic mass is 16.3. The molecule has 23 heavy (non-hydrogen) atoms. The quantitative estimate of drug-likeness (QED) is 0.900. The number of hydrogen-bond donors (Lipinski definition) is 1. The fourth-order valence-electron chi connectivity index (χ4n) is 3.96. The van der Waals surface area contributed by atoms with Crippen molar-refractivity contribution in [2.75, 3.05) is 13.2 Å². The maximum atomic E-state index is 9.98. The number of likely N-dealkylation sites (tertiary alicyclic amines) is 1. The largest absolute Gasteiger partial charge is 0.394 e. The van der Waals surface area contributed by atoms with E-state index in [4.69, 9.17) is 0 Å². The Balaban J connectivity index is 1.74. The van der Waals surface area contributed by atoms with Gasteiger partial charge in [-0.25, -0.2) is 0 Å². The molecule has 3 atom stereocenters. The van der Waals surface area contributed by atoms with Crippen molar-refractivity contribution in [2.45, 2.75) is 38.3 Å². The fourth-order valence-corrected chi connectivity index (χ4v) is 3.96. The number of piperidine rings is 1. The van der Waals surface area contributed by atoms with Crippen molar-refractivity contribution < 1.29 is 5.11 Å². The maximum absolute atomic E-state index is 9.98. The molecule has 122 valence electrons. The van der Waals surface area contributed by atoms with E-state index in [-0.39, 0.29) is 12.6 Å². The van der Waals surface area contributed by atoms with Crippen LogP contribution < -0.4 is 0 Å². The zero-order chi connectivity index (χ0) is 16.1. The lowest BCUT2D eigenvalue weighted by Gasteiger charge is -2.43. The molecule has 0 bridgehead atoms. The van der Waals surface area contributed by atoms with Crippen LogP contribution in [0.3, 0.4) is 0 Å². The van der Waals surface area contributed by atoms with Crippen molar-refractivity contribution >= 4 is 0 Å². The van der Waals surface area contributed by atoms with E-state index in [0.717, 1.165) is 13.0 Å². The average Bonchev–Trinajstić information content (AvgIpc) is 2.61. The zero-order valence-electron chi connectivity index (χ0n) is 13.9. The van der Waals surface area contributed by atoms with Gasteiger partial charge in [0.15, 0.2) is 0 Å². The monoisotopic (exact) mass is 309 g/mol. The first-order chi connectivity index (χ1) is 11.3. The van der Waals surface area contributed by atoms with Gasteiger partial charge in [0.1, 0.15) is 0 Å². The second-order valence-electron chi connectivity index (χ2n) is 6.68. The summed E-state index contributed by atoms with van der Waals surface area (Å²) in [5, 5.41) is 9.98. The summed E-state index contributed by atoms with van der Waals surface area (Å²) >= 11 is 0. The third-order valence-electron chi connectivity index (χ3n) is 5.29. The van der Waals surface area contributed by atoms with Gasteiger partial charge in [-0.2, -0.15) is 0 Å². The zero-order valence-corrected chi connectivity index (χ0v) is 13.9. The van der Waals surface area contributed by atoms with Crippen LogP contribution in [-0.2, 0) is 6.42 Å². The van der Waals surface area contributed by atoms with Gasteiger partial charge in [0.2, 0.25) is 0 Å². The van der Waals surface area contributed by atoms with Gasteiger partial charge in [0, 0.05) is 6.04 Å². The predicted octanol–water partition coefficient (Wildman–Crippen LogP) is 4.06. The molecule has 0 saturated carbocycles. The molecule has 3 rings (SSSR count). The number of aliphatic hydroxyl groups is 1. The van der Waals surface area contributed by atoms with E-state index >= 15 is 0 Å². The summed E-state index contributed by atoms with van der Waals surface area (Å²) in [5.41, 5.74) is 2.65. The summed E-state index contributed by atoms with van der Waals surface area (Å²) in [6, 6.07) is 21.8. The van der Waals surface area contributed by atoms with E-state index in [0.29, 0.717) is 12.0 Å². The van der Waals surface area contributed by atoms with E-state index in [1.807, 2.05) is 6.07 Å². The van der Waals surface area contributed by atoms with Crippen molar-refractivity contribution in [3.8, 4) is 0 Å². The van der Waals surface area contributed by atoms with Gasteiger partial charge in [0.05, 0.1) is 12.6 Å². The van der Waals surface area contributed by atoms with Gasteiger partial charge in [-0.1, -0.05) is 60.7 Å². The highest BCUT2D eigenvalue weighted by Crippen LogP contribution is 2.33. The van der Waals surface area contributed by atoms with Gasteiger partial charge < -0.3 is 5.11 Å². The number of hydrogen-bond acceptors (Lipinski definition) is 2. The van der Waals surface area contributed by atoms with Crippen molar-refractivity contribution in [2.24, 2.45) is 5.92 Å². The number of rotatable bonds is 5. The molecule has 0 unspecified atom stereocenters. The molecular formula is C21H27NO. The lowest BCUT2D eigenvalue weighted by molar-refractivity contribution is 0.0324. The molecule has 2 aromatic carbocycles. The summed E-state index contributed by atoms with van der Waals surface area (Å²) in [7, 11) is 0. The summed E-state index contributed by atoms with van der Waals surface area (Å²) in [4.78, 5) is 2.51. The number of benzene rings is 2. The first-order valence-electron chi connectivity index (χ1n) is 8.75. The molecule has 0 radical (unpaired) electrons. The topological polar surface area (TPSA) is 23.5 Å². The summed E-state index contributed by atoms with van der Waals surface area (Å²) < 4.78 is 0. The Morgan fingerprint density at radius 2 is 1.70 bits per heavy atom. The van der Waals surface area contributed by atoms with Crippen LogP contribution in [0.25, 0.3) is 0 Å². The number of aliphatic hydroxyl groups excluding tert-OH is 1. The molecule has 1 aliphatic rings. The predicted molar refractivity (Wildman–Crippen MR) is 95.3 cm³/mol. The Hall–Kier alpha value is -1.64. The fraction of sp³-hybridized carbons (Fsp3) is 0.429. The Morgan fingerprint density at radius 3 is 2.35 bits per heavy atom. The maximum Gasteiger partial charge on any atom is 0.0628 e. The third-order valence-corrected chi connectivity index (χ3v) is 5.29. The molecular weight excluding hydrogens is 282 g/mol. The van der Waals surface area contributed by atoms with E-state index in [9.17, 15) is 5.11 Å². The van der Waals surface area contributed by atoms with E-state index in [1.54, 1.807) is 0 Å². The minimum Gasteiger partial charge on any atom is -0.394 e. The molecule has 1 fully saturated rings. The summed E-state index contributed by atoms with van der Waals surface area (Å²) in [6.07, 6.45) is 3.62. The molecule has 1 saturated heterocycles. The van der Waals surface area contributed by atoms with Crippen molar-refractivity contribution in [3.63, 3.8) is 0 Å². The Labute approximate surface area is 139 Å². The van der Waals surface area contributed by atoms with Crippen LogP contribution >= 0.6 is 0 Å². The van der Waals surface area contributed by atoms with E-state index < -0.39 is 0 Å². The first kappa shape index (κ1) is 16.2. The van der Waals surface area contributed by atoms with Crippen molar-refractivity contribution in [1.29, 1.82) is 0 Å². The minimum atomic E-state index is 0.116. The Morgan fingerprint density at radius 1 is 1.04 bits per heavy atom. The molecule has 0 aromatic heterocycles. The van der Waals surface area contributed by atoms with Crippen LogP contribution in [0.1, 0.15) is 36.9 Å². The Kier molecular flexibility index (Phi) is 5.47. The smallest absolute Gasteiger partial charge is 0.0628 e. The van der Waals surface area contributed by atoms with Gasteiger partial charge in [-0.15, -0.1) is 0 Å². The highest BCUT2D eigenvalue weighted by Gasteiger charge is 2.32. The molecule has 2 aromatic rings. The summed E-state index contributed by atoms with van der Waals surface area (Å²) in [6.45, 7) is 3.59. The van der Waals surface area contributed by atoms with Gasteiger partial charge in [0.25, 0.3) is 0 Å². The van der Waals surface area contributed by atoms with Crippen LogP contribution in [0.15, 0.2) is 60.7 Å². The molecule has 1 heterocycles. The lowest BCUT2D eigenvalue weighted by atomic mass is 9.83. The number of nitrogens with zero attached hydrogens (tertiary/aromatic N) is 1. The normalized spacial score (nSPS) is 23.6. The van der Waals surface area contributed by atoms with Gasteiger partial charge in [-0.05, 0) is 49.8 Å². The lowest BCUT2D eigenvalue weighted by Crippen LogP contribution is -2.47. The van der Waals surface area contributed by atoms with Crippen LogP contribution in [0, 0.1) is 5.92 Å². The summed E-state index contributed by atoms with van der Waals surface area (Å²) in [5.74, 6) is 0.656. The van der Waals surface area contributed by atoms with Crippen molar-refractivity contribution in [3.05, 3.63) is 71.8 Å². The van der Waals surface area contributed by atoms with Crippen molar-refractivity contribution in [1.82, 2.24) is 4.90 Å². The van der Waals surface area contributed by atoms with E-state index in [2.05, 4.69) is 66.4 Å². The van der Waals surface area contributed by atoms with E-state index in [1.165, 1.54) is 24.0 Å². The van der Waals surface area contributed by atoms with Crippen LogP contribution in [0.4, 0.5) is 0 Å². The third kappa shape index (κ3) is 3.82. The van der Waals surface area contributed by atoms with Gasteiger partial charge >= 0.3 is 0 Å².